The Morgan fingerprint density at radius 2 is 2.26 bits per heavy atom. The molecule has 0 aliphatic heterocycles. The molecule has 0 amide bonds. The molecule has 1 fully saturated rings. The summed E-state index contributed by atoms with van der Waals surface area (Å²) in [4.78, 5) is 12.8. The fourth-order valence-corrected chi connectivity index (χ4v) is 2.37. The second-order valence-corrected chi connectivity index (χ2v) is 5.27. The molecule has 0 unspecified atom stereocenters. The maximum Gasteiger partial charge on any atom is 0.328 e. The van der Waals surface area contributed by atoms with Gasteiger partial charge in [-0.05, 0) is 49.5 Å². The Morgan fingerprint density at radius 3 is 2.79 bits per heavy atom. The zero-order valence-electron chi connectivity index (χ0n) is 11.0. The Labute approximate surface area is 118 Å². The third-order valence-electron chi connectivity index (χ3n) is 3.29. The molecule has 2 rings (SSSR count). The summed E-state index contributed by atoms with van der Waals surface area (Å²) in [6.45, 7) is 4.11. The number of benzene rings is 1. The van der Waals surface area contributed by atoms with Crippen LogP contribution in [0.1, 0.15) is 25.3 Å². The number of anilines is 1. The number of rotatable bonds is 6. The first-order valence-corrected chi connectivity index (χ1v) is 6.93. The Hall–Kier alpha value is -1.48. The van der Waals surface area contributed by atoms with Crippen LogP contribution in [0.15, 0.2) is 24.3 Å². The summed E-state index contributed by atoms with van der Waals surface area (Å²) in [7, 11) is 0. The van der Waals surface area contributed by atoms with E-state index in [0.29, 0.717) is 5.02 Å². The molecule has 0 saturated heterocycles. The average molecular weight is 280 g/mol. The molecule has 0 atom stereocenters. The van der Waals surface area contributed by atoms with Crippen LogP contribution in [0.5, 0.6) is 0 Å². The molecule has 19 heavy (non-hydrogen) atoms. The third-order valence-corrected chi connectivity index (χ3v) is 3.59. The molecule has 1 aliphatic carbocycles. The van der Waals surface area contributed by atoms with Crippen LogP contribution >= 0.6 is 11.6 Å². The monoisotopic (exact) mass is 279 g/mol. The van der Waals surface area contributed by atoms with Crippen molar-refractivity contribution in [2.24, 2.45) is 5.92 Å². The van der Waals surface area contributed by atoms with Gasteiger partial charge in [-0.3, -0.25) is 0 Å². The quantitative estimate of drug-likeness (QED) is 0.808. The minimum absolute atomic E-state index is 0.676. The molecule has 4 heteroatoms. The van der Waals surface area contributed by atoms with Gasteiger partial charge in [-0.15, -0.1) is 0 Å². The minimum atomic E-state index is -0.955. The van der Waals surface area contributed by atoms with E-state index in [0.717, 1.165) is 36.3 Å². The van der Waals surface area contributed by atoms with Gasteiger partial charge in [0, 0.05) is 19.2 Å². The number of carboxylic acids is 1. The first-order chi connectivity index (χ1) is 9.10. The van der Waals surface area contributed by atoms with Gasteiger partial charge in [0.2, 0.25) is 0 Å². The summed E-state index contributed by atoms with van der Waals surface area (Å²) in [5.74, 6) is -0.147. The molecule has 1 saturated carbocycles. The number of carbonyl (C=O) groups is 1. The SMILES string of the molecule is CCN(CC1CC1)c1ccc(/C=C/C(=O)O)cc1Cl. The lowest BCUT2D eigenvalue weighted by atomic mass is 10.1. The highest BCUT2D eigenvalue weighted by atomic mass is 35.5. The van der Waals surface area contributed by atoms with Crippen molar-refractivity contribution in [2.75, 3.05) is 18.0 Å². The Bertz CT molecular complexity index is 495. The third kappa shape index (κ3) is 4.00. The Kier molecular flexibility index (Phi) is 4.48. The highest BCUT2D eigenvalue weighted by Gasteiger charge is 2.24. The average Bonchev–Trinajstić information content (AvgIpc) is 3.18. The lowest BCUT2D eigenvalue weighted by Gasteiger charge is -2.24. The fraction of sp³-hybridized carbons (Fsp3) is 0.400. The van der Waals surface area contributed by atoms with Crippen LogP contribution < -0.4 is 4.90 Å². The lowest BCUT2D eigenvalue weighted by molar-refractivity contribution is -0.131. The fourth-order valence-electron chi connectivity index (χ4n) is 2.06. The molecule has 1 aliphatic rings. The topological polar surface area (TPSA) is 40.5 Å². The second kappa shape index (κ2) is 6.11. The van der Waals surface area contributed by atoms with Crippen LogP contribution in [0, 0.1) is 5.92 Å². The smallest absolute Gasteiger partial charge is 0.328 e. The van der Waals surface area contributed by atoms with Crippen molar-refractivity contribution in [3.8, 4) is 0 Å². The summed E-state index contributed by atoms with van der Waals surface area (Å²) in [6, 6.07) is 5.68. The van der Waals surface area contributed by atoms with Crippen LogP contribution in [0.25, 0.3) is 6.08 Å². The van der Waals surface area contributed by atoms with Gasteiger partial charge in [0.1, 0.15) is 0 Å². The highest BCUT2D eigenvalue weighted by molar-refractivity contribution is 6.33. The molecule has 1 aromatic rings. The van der Waals surface area contributed by atoms with E-state index in [1.54, 1.807) is 6.08 Å². The minimum Gasteiger partial charge on any atom is -0.478 e. The van der Waals surface area contributed by atoms with Crippen molar-refractivity contribution in [1.82, 2.24) is 0 Å². The summed E-state index contributed by atoms with van der Waals surface area (Å²) < 4.78 is 0. The van der Waals surface area contributed by atoms with Gasteiger partial charge in [0.25, 0.3) is 0 Å². The van der Waals surface area contributed by atoms with E-state index in [1.165, 1.54) is 12.8 Å². The predicted octanol–water partition coefficient (Wildman–Crippen LogP) is 3.67. The highest BCUT2D eigenvalue weighted by Crippen LogP contribution is 2.34. The summed E-state index contributed by atoms with van der Waals surface area (Å²) >= 11 is 6.30. The maximum atomic E-state index is 10.5. The molecular formula is C15H18ClNO2. The normalized spacial score (nSPS) is 14.8. The van der Waals surface area contributed by atoms with Crippen LogP contribution in [-0.2, 0) is 4.79 Å². The second-order valence-electron chi connectivity index (χ2n) is 4.86. The van der Waals surface area contributed by atoms with Crippen molar-refractivity contribution in [1.29, 1.82) is 0 Å². The first kappa shape index (κ1) is 13.9. The van der Waals surface area contributed by atoms with Gasteiger partial charge in [0.15, 0.2) is 0 Å². The molecule has 0 bridgehead atoms. The molecule has 0 aromatic heterocycles. The van der Waals surface area contributed by atoms with Gasteiger partial charge in [-0.2, -0.15) is 0 Å². The number of hydrogen-bond acceptors (Lipinski definition) is 2. The molecule has 0 radical (unpaired) electrons. The predicted molar refractivity (Wildman–Crippen MR) is 78.7 cm³/mol. The van der Waals surface area contributed by atoms with Crippen LogP contribution in [0.2, 0.25) is 5.02 Å². The van der Waals surface area contributed by atoms with Crippen molar-refractivity contribution >= 4 is 29.3 Å². The van der Waals surface area contributed by atoms with E-state index in [4.69, 9.17) is 16.7 Å². The van der Waals surface area contributed by atoms with Crippen molar-refractivity contribution in [3.63, 3.8) is 0 Å². The molecule has 102 valence electrons. The zero-order chi connectivity index (χ0) is 13.8. The van der Waals surface area contributed by atoms with Gasteiger partial charge in [0.05, 0.1) is 10.7 Å². The maximum absolute atomic E-state index is 10.5. The van der Waals surface area contributed by atoms with Crippen LogP contribution in [0.3, 0.4) is 0 Å². The molecule has 3 nitrogen and oxygen atoms in total. The van der Waals surface area contributed by atoms with Gasteiger partial charge < -0.3 is 10.0 Å². The van der Waals surface area contributed by atoms with Crippen LogP contribution in [-0.4, -0.2) is 24.2 Å². The standard InChI is InChI=1S/C15H18ClNO2/c1-2-17(10-12-3-4-12)14-7-5-11(9-13(14)16)6-8-15(18)19/h5-9,12H,2-4,10H2,1H3,(H,18,19)/b8-6+. The van der Waals surface area contributed by atoms with Gasteiger partial charge in [-0.25, -0.2) is 4.79 Å². The van der Waals surface area contributed by atoms with Crippen molar-refractivity contribution < 1.29 is 9.90 Å². The number of carboxylic acid groups (broad SMARTS) is 1. The molecule has 0 heterocycles. The number of hydrogen-bond donors (Lipinski definition) is 1. The Balaban J connectivity index is 2.14. The van der Waals surface area contributed by atoms with E-state index in [-0.39, 0.29) is 0 Å². The van der Waals surface area contributed by atoms with E-state index in [9.17, 15) is 4.79 Å². The van der Waals surface area contributed by atoms with E-state index in [2.05, 4.69) is 11.8 Å². The lowest BCUT2D eigenvalue weighted by Crippen LogP contribution is -2.25. The molecular weight excluding hydrogens is 262 g/mol. The van der Waals surface area contributed by atoms with E-state index in [1.807, 2.05) is 18.2 Å². The van der Waals surface area contributed by atoms with Gasteiger partial charge >= 0.3 is 5.97 Å². The summed E-state index contributed by atoms with van der Waals surface area (Å²) in [6.07, 6.45) is 5.30. The van der Waals surface area contributed by atoms with Crippen LogP contribution in [0.4, 0.5) is 5.69 Å². The summed E-state index contributed by atoms with van der Waals surface area (Å²) in [5.41, 5.74) is 1.84. The molecule has 1 N–H and O–H groups in total. The first-order valence-electron chi connectivity index (χ1n) is 6.55. The number of halogens is 1. The van der Waals surface area contributed by atoms with Crippen molar-refractivity contribution in [2.45, 2.75) is 19.8 Å². The molecule has 1 aromatic carbocycles. The summed E-state index contributed by atoms with van der Waals surface area (Å²) in [5, 5.41) is 9.28. The van der Waals surface area contributed by atoms with Crippen molar-refractivity contribution in [3.05, 3.63) is 34.9 Å². The zero-order valence-corrected chi connectivity index (χ0v) is 11.7. The van der Waals surface area contributed by atoms with E-state index < -0.39 is 5.97 Å². The molecule has 0 spiro atoms. The van der Waals surface area contributed by atoms with Gasteiger partial charge in [-0.1, -0.05) is 17.7 Å². The number of aliphatic carboxylic acids is 1. The Morgan fingerprint density at radius 1 is 1.53 bits per heavy atom. The largest absolute Gasteiger partial charge is 0.478 e. The van der Waals surface area contributed by atoms with E-state index >= 15 is 0 Å². The number of nitrogens with zero attached hydrogens (tertiary/aromatic N) is 1.